The number of alkyl halides is 2. The van der Waals surface area contributed by atoms with Crippen molar-refractivity contribution in [3.63, 3.8) is 0 Å². The molecule has 0 amide bonds. The number of halogens is 3. The lowest BCUT2D eigenvalue weighted by Crippen LogP contribution is -2.15. The van der Waals surface area contributed by atoms with E-state index in [1.54, 1.807) is 14.0 Å². The third-order valence-electron chi connectivity index (χ3n) is 2.09. The lowest BCUT2D eigenvalue weighted by atomic mass is 10.1. The van der Waals surface area contributed by atoms with Crippen molar-refractivity contribution in [2.45, 2.75) is 19.6 Å². The van der Waals surface area contributed by atoms with Crippen LogP contribution < -0.4 is 10.1 Å². The topological polar surface area (TPSA) is 21.3 Å². The first-order valence-electron chi connectivity index (χ1n) is 4.46. The molecule has 0 saturated carbocycles. The van der Waals surface area contributed by atoms with Crippen LogP contribution in [0.15, 0.2) is 18.2 Å². The Morgan fingerprint density at radius 1 is 1.33 bits per heavy atom. The van der Waals surface area contributed by atoms with E-state index >= 15 is 0 Å². The van der Waals surface area contributed by atoms with Crippen molar-refractivity contribution < 1.29 is 17.9 Å². The molecule has 1 aromatic carbocycles. The molecule has 0 aliphatic carbocycles. The van der Waals surface area contributed by atoms with Crippen molar-refractivity contribution in [1.82, 2.24) is 5.32 Å². The molecule has 1 aromatic rings. The average Bonchev–Trinajstić information content (AvgIpc) is 2.16. The number of benzene rings is 1. The molecule has 1 N–H and O–H groups in total. The van der Waals surface area contributed by atoms with Crippen LogP contribution in [0.3, 0.4) is 0 Å². The van der Waals surface area contributed by atoms with Crippen LogP contribution in [0.2, 0.25) is 0 Å². The molecule has 0 aliphatic heterocycles. The highest BCUT2D eigenvalue weighted by atomic mass is 19.3. The minimum atomic E-state index is -2.95. The van der Waals surface area contributed by atoms with Crippen molar-refractivity contribution in [2.24, 2.45) is 0 Å². The minimum absolute atomic E-state index is 0.133. The predicted molar refractivity (Wildman–Crippen MR) is 50.5 cm³/mol. The molecular formula is C10H12F3NO. The van der Waals surface area contributed by atoms with E-state index in [0.717, 1.165) is 6.07 Å². The first kappa shape index (κ1) is 11.8. The third kappa shape index (κ3) is 3.13. The first-order chi connectivity index (χ1) is 7.04. The molecule has 0 aromatic heterocycles. The molecule has 0 heterocycles. The second-order valence-electron chi connectivity index (χ2n) is 3.07. The number of hydrogen-bond donors (Lipinski definition) is 1. The number of ether oxygens (including phenoxy) is 1. The molecule has 2 nitrogen and oxygen atoms in total. The Morgan fingerprint density at radius 2 is 2.00 bits per heavy atom. The Labute approximate surface area is 86.1 Å². The Hall–Kier alpha value is -1.23. The van der Waals surface area contributed by atoms with Gasteiger partial charge in [0.05, 0.1) is 0 Å². The van der Waals surface area contributed by atoms with E-state index in [1.807, 2.05) is 0 Å². The molecule has 1 atom stereocenters. The SMILES string of the molecule is CNC(C)c1ccc(F)cc1OC(F)F. The van der Waals surface area contributed by atoms with Gasteiger partial charge in [-0.05, 0) is 20.0 Å². The molecule has 0 spiro atoms. The summed E-state index contributed by atoms with van der Waals surface area (Å²) in [5.74, 6) is -0.732. The zero-order chi connectivity index (χ0) is 11.4. The van der Waals surface area contributed by atoms with Crippen LogP contribution in [0, 0.1) is 5.82 Å². The van der Waals surface area contributed by atoms with Gasteiger partial charge in [0.25, 0.3) is 0 Å². The average molecular weight is 219 g/mol. The molecule has 15 heavy (non-hydrogen) atoms. The van der Waals surface area contributed by atoms with Crippen molar-refractivity contribution in [3.8, 4) is 5.75 Å². The highest BCUT2D eigenvalue weighted by Gasteiger charge is 2.14. The van der Waals surface area contributed by atoms with Gasteiger partial charge in [-0.15, -0.1) is 0 Å². The van der Waals surface area contributed by atoms with Crippen LogP contribution in [-0.4, -0.2) is 13.7 Å². The standard InChI is InChI=1S/C10H12F3NO/c1-6(14-2)8-4-3-7(11)5-9(8)15-10(12)13/h3-6,10,14H,1-2H3. The Balaban J connectivity index is 3.02. The van der Waals surface area contributed by atoms with Crippen LogP contribution in [0.1, 0.15) is 18.5 Å². The van der Waals surface area contributed by atoms with Crippen LogP contribution >= 0.6 is 0 Å². The van der Waals surface area contributed by atoms with Gasteiger partial charge < -0.3 is 10.1 Å². The van der Waals surface area contributed by atoms with Crippen molar-refractivity contribution in [1.29, 1.82) is 0 Å². The second-order valence-corrected chi connectivity index (χ2v) is 3.07. The third-order valence-corrected chi connectivity index (χ3v) is 2.09. The van der Waals surface area contributed by atoms with Gasteiger partial charge in [0, 0.05) is 17.7 Å². The number of rotatable bonds is 4. The summed E-state index contributed by atoms with van der Waals surface area (Å²) in [6, 6.07) is 3.41. The molecule has 0 saturated heterocycles. The van der Waals surface area contributed by atoms with E-state index in [2.05, 4.69) is 10.1 Å². The Morgan fingerprint density at radius 3 is 2.53 bits per heavy atom. The van der Waals surface area contributed by atoms with Crippen molar-refractivity contribution in [3.05, 3.63) is 29.6 Å². The van der Waals surface area contributed by atoms with Crippen LogP contribution in [-0.2, 0) is 0 Å². The van der Waals surface area contributed by atoms with E-state index in [9.17, 15) is 13.2 Å². The summed E-state index contributed by atoms with van der Waals surface area (Å²) in [6.07, 6.45) is 0. The van der Waals surface area contributed by atoms with Gasteiger partial charge in [-0.3, -0.25) is 0 Å². The maximum absolute atomic E-state index is 12.8. The molecule has 1 rings (SSSR count). The van der Waals surface area contributed by atoms with Gasteiger partial charge in [-0.25, -0.2) is 4.39 Å². The summed E-state index contributed by atoms with van der Waals surface area (Å²) in [5.41, 5.74) is 0.499. The fraction of sp³-hybridized carbons (Fsp3) is 0.400. The number of nitrogens with one attached hydrogen (secondary N) is 1. The summed E-state index contributed by atoms with van der Waals surface area (Å²) in [6.45, 7) is -1.18. The van der Waals surface area contributed by atoms with E-state index in [-0.39, 0.29) is 11.8 Å². The van der Waals surface area contributed by atoms with E-state index in [4.69, 9.17) is 0 Å². The summed E-state index contributed by atoms with van der Waals surface area (Å²) < 4.78 is 41.1. The van der Waals surface area contributed by atoms with Gasteiger partial charge in [0.2, 0.25) is 0 Å². The van der Waals surface area contributed by atoms with Gasteiger partial charge in [0.15, 0.2) is 0 Å². The molecular weight excluding hydrogens is 207 g/mol. The fourth-order valence-electron chi connectivity index (χ4n) is 1.22. The van der Waals surface area contributed by atoms with Crippen molar-refractivity contribution in [2.75, 3.05) is 7.05 Å². The lowest BCUT2D eigenvalue weighted by Gasteiger charge is -2.15. The lowest BCUT2D eigenvalue weighted by molar-refractivity contribution is -0.0508. The summed E-state index contributed by atoms with van der Waals surface area (Å²) in [4.78, 5) is 0. The van der Waals surface area contributed by atoms with Gasteiger partial charge >= 0.3 is 6.61 Å². The largest absolute Gasteiger partial charge is 0.434 e. The van der Waals surface area contributed by atoms with E-state index in [1.165, 1.54) is 12.1 Å². The van der Waals surface area contributed by atoms with Gasteiger partial charge in [-0.2, -0.15) is 8.78 Å². The molecule has 0 fully saturated rings. The molecule has 84 valence electrons. The monoisotopic (exact) mass is 219 g/mol. The normalized spacial score (nSPS) is 12.9. The highest BCUT2D eigenvalue weighted by molar-refractivity contribution is 5.36. The first-order valence-corrected chi connectivity index (χ1v) is 4.46. The maximum Gasteiger partial charge on any atom is 0.387 e. The molecule has 0 bridgehead atoms. The summed E-state index contributed by atoms with van der Waals surface area (Å²) >= 11 is 0. The maximum atomic E-state index is 12.8. The van der Waals surface area contributed by atoms with Gasteiger partial charge in [0.1, 0.15) is 11.6 Å². The summed E-state index contributed by atoms with van der Waals surface area (Å²) in [7, 11) is 1.68. The fourth-order valence-corrected chi connectivity index (χ4v) is 1.22. The number of hydrogen-bond acceptors (Lipinski definition) is 2. The zero-order valence-electron chi connectivity index (χ0n) is 8.43. The Bertz CT molecular complexity index is 330. The van der Waals surface area contributed by atoms with E-state index in [0.29, 0.717) is 5.56 Å². The molecule has 1 unspecified atom stereocenters. The minimum Gasteiger partial charge on any atom is -0.434 e. The quantitative estimate of drug-likeness (QED) is 0.840. The van der Waals surface area contributed by atoms with E-state index < -0.39 is 12.4 Å². The highest BCUT2D eigenvalue weighted by Crippen LogP contribution is 2.27. The van der Waals surface area contributed by atoms with Crippen molar-refractivity contribution >= 4 is 0 Å². The molecule has 0 aliphatic rings. The zero-order valence-corrected chi connectivity index (χ0v) is 8.43. The predicted octanol–water partition coefficient (Wildman–Crippen LogP) is 2.71. The second kappa shape index (κ2) is 5.02. The smallest absolute Gasteiger partial charge is 0.387 e. The van der Waals surface area contributed by atoms with Crippen LogP contribution in [0.4, 0.5) is 13.2 Å². The summed E-state index contributed by atoms with van der Waals surface area (Å²) in [5, 5.41) is 2.87. The molecule has 0 radical (unpaired) electrons. The molecule has 5 heteroatoms. The van der Waals surface area contributed by atoms with Crippen LogP contribution in [0.25, 0.3) is 0 Å². The Kier molecular flexibility index (Phi) is 3.96. The van der Waals surface area contributed by atoms with Gasteiger partial charge in [-0.1, -0.05) is 6.07 Å². The van der Waals surface area contributed by atoms with Crippen LogP contribution in [0.5, 0.6) is 5.75 Å².